The van der Waals surface area contributed by atoms with Crippen LogP contribution in [0.5, 0.6) is 0 Å². The molecule has 0 spiro atoms. The van der Waals surface area contributed by atoms with Crippen LogP contribution in [0.15, 0.2) is 0 Å². The van der Waals surface area contributed by atoms with Crippen molar-refractivity contribution in [1.82, 2.24) is 9.80 Å². The Morgan fingerprint density at radius 2 is 1.95 bits per heavy atom. The topological polar surface area (TPSA) is 57.7 Å². The number of thioether (sulfide) groups is 1. The maximum absolute atomic E-state index is 11.6. The number of hydrogen-bond donors (Lipinski definition) is 0. The minimum atomic E-state index is -0.0605. The van der Waals surface area contributed by atoms with Crippen molar-refractivity contribution in [2.75, 3.05) is 32.1 Å². The maximum Gasteiger partial charge on any atom is 0.219 e. The molecule has 1 atom stereocenters. The Bertz CT molecular complexity index is 310. The van der Waals surface area contributed by atoms with E-state index in [1.807, 2.05) is 6.26 Å². The van der Waals surface area contributed by atoms with Gasteiger partial charge in [0, 0.05) is 39.5 Å². The Hall–Kier alpha value is -1.04. The monoisotopic (exact) mass is 288 g/mol. The molecule has 6 heteroatoms. The fraction of sp³-hybridized carbons (Fsp3) is 0.769. The maximum atomic E-state index is 11.6. The summed E-state index contributed by atoms with van der Waals surface area (Å²) < 4.78 is 0. The van der Waals surface area contributed by atoms with E-state index in [1.165, 1.54) is 13.8 Å². The molecule has 0 aromatic rings. The third-order valence-corrected chi connectivity index (χ3v) is 3.65. The first-order valence-electron chi connectivity index (χ1n) is 6.33. The van der Waals surface area contributed by atoms with Crippen molar-refractivity contribution in [2.24, 2.45) is 0 Å². The number of likely N-dealkylation sites (N-methyl/N-ethyl adjacent to an activating group) is 1. The van der Waals surface area contributed by atoms with Crippen LogP contribution in [0, 0.1) is 0 Å². The summed E-state index contributed by atoms with van der Waals surface area (Å²) in [7, 11) is 1.72. The molecule has 5 nitrogen and oxygen atoms in total. The number of hydrogen-bond acceptors (Lipinski definition) is 4. The number of nitrogens with zero attached hydrogens (tertiary/aromatic N) is 2. The number of rotatable bonds is 10. The average molecular weight is 288 g/mol. The minimum absolute atomic E-state index is 0.000748. The van der Waals surface area contributed by atoms with Gasteiger partial charge in [-0.05, 0) is 25.4 Å². The first kappa shape index (κ1) is 18.0. The lowest BCUT2D eigenvalue weighted by atomic mass is 10.1. The van der Waals surface area contributed by atoms with Gasteiger partial charge in [0.2, 0.25) is 12.3 Å². The molecule has 19 heavy (non-hydrogen) atoms. The molecule has 0 aromatic carbocycles. The second kappa shape index (κ2) is 9.83. The summed E-state index contributed by atoms with van der Waals surface area (Å²) >= 11 is 1.71. The first-order chi connectivity index (χ1) is 8.92. The second-order valence-electron chi connectivity index (χ2n) is 4.62. The third kappa shape index (κ3) is 7.87. The van der Waals surface area contributed by atoms with E-state index in [0.29, 0.717) is 19.5 Å². The molecule has 0 radical (unpaired) electrons. The summed E-state index contributed by atoms with van der Waals surface area (Å²) in [5.74, 6) is 0.937. The molecule has 0 fully saturated rings. The summed E-state index contributed by atoms with van der Waals surface area (Å²) in [6.45, 7) is 3.92. The van der Waals surface area contributed by atoms with Gasteiger partial charge in [0.15, 0.2) is 0 Å². The van der Waals surface area contributed by atoms with Gasteiger partial charge in [-0.1, -0.05) is 0 Å². The molecule has 0 aliphatic rings. The van der Waals surface area contributed by atoms with E-state index in [1.54, 1.807) is 28.6 Å². The van der Waals surface area contributed by atoms with Crippen molar-refractivity contribution in [3.63, 3.8) is 0 Å². The van der Waals surface area contributed by atoms with Crippen molar-refractivity contribution in [3.8, 4) is 0 Å². The fourth-order valence-corrected chi connectivity index (χ4v) is 2.20. The van der Waals surface area contributed by atoms with Gasteiger partial charge in [0.05, 0.1) is 0 Å². The highest BCUT2D eigenvalue weighted by Crippen LogP contribution is 2.08. The van der Waals surface area contributed by atoms with Crippen molar-refractivity contribution in [3.05, 3.63) is 0 Å². The molecule has 2 amide bonds. The molecule has 0 saturated carbocycles. The number of Topliss-reactive ketones (excluding diaryl/α,β-unsaturated/α-hetero) is 1. The van der Waals surface area contributed by atoms with Gasteiger partial charge in [0.25, 0.3) is 0 Å². The molecule has 0 N–H and O–H groups in total. The highest BCUT2D eigenvalue weighted by molar-refractivity contribution is 7.98. The smallest absolute Gasteiger partial charge is 0.219 e. The standard InChI is InChI=1S/C13H24N2O3S/c1-11(17)5-7-15(12(2)18)9-13(6-8-19-4)14(3)10-16/h10,13H,5-9H2,1-4H3/t13-/m1/s1. The lowest BCUT2D eigenvalue weighted by molar-refractivity contribution is -0.131. The van der Waals surface area contributed by atoms with Crippen molar-refractivity contribution < 1.29 is 14.4 Å². The molecule has 0 aliphatic heterocycles. The quantitative estimate of drug-likeness (QED) is 0.563. The normalized spacial score (nSPS) is 11.8. The zero-order valence-corrected chi connectivity index (χ0v) is 13.0. The van der Waals surface area contributed by atoms with E-state index in [4.69, 9.17) is 0 Å². The van der Waals surface area contributed by atoms with E-state index in [-0.39, 0.29) is 17.7 Å². The van der Waals surface area contributed by atoms with Crippen LogP contribution in [0.4, 0.5) is 0 Å². The SMILES string of the molecule is CSCC[C@H](CN(CCC(C)=O)C(C)=O)N(C)C=O. The predicted octanol–water partition coefficient (Wildman–Crippen LogP) is 1.02. The number of amides is 2. The molecule has 0 saturated heterocycles. The molecular weight excluding hydrogens is 264 g/mol. The molecule has 0 aliphatic carbocycles. The van der Waals surface area contributed by atoms with Gasteiger partial charge in [-0.15, -0.1) is 0 Å². The second-order valence-corrected chi connectivity index (χ2v) is 5.61. The van der Waals surface area contributed by atoms with Crippen LogP contribution in [-0.2, 0) is 14.4 Å². The third-order valence-electron chi connectivity index (χ3n) is 3.01. The minimum Gasteiger partial charge on any atom is -0.344 e. The van der Waals surface area contributed by atoms with E-state index in [0.717, 1.165) is 18.6 Å². The molecule has 0 aromatic heterocycles. The predicted molar refractivity (Wildman–Crippen MR) is 78.2 cm³/mol. The summed E-state index contributed by atoms with van der Waals surface area (Å²) in [5.41, 5.74) is 0. The van der Waals surface area contributed by atoms with Crippen molar-refractivity contribution in [2.45, 2.75) is 32.7 Å². The molecule has 0 heterocycles. The van der Waals surface area contributed by atoms with E-state index >= 15 is 0 Å². The van der Waals surface area contributed by atoms with Gasteiger partial charge in [-0.3, -0.25) is 14.4 Å². The van der Waals surface area contributed by atoms with Gasteiger partial charge < -0.3 is 9.80 Å². The van der Waals surface area contributed by atoms with Crippen LogP contribution < -0.4 is 0 Å². The van der Waals surface area contributed by atoms with Crippen LogP contribution in [0.3, 0.4) is 0 Å². The van der Waals surface area contributed by atoms with Gasteiger partial charge >= 0.3 is 0 Å². The molecule has 0 unspecified atom stereocenters. The molecular formula is C13H24N2O3S. The molecule has 110 valence electrons. The Labute approximate surface area is 119 Å². The zero-order valence-electron chi connectivity index (χ0n) is 12.2. The summed E-state index contributed by atoms with van der Waals surface area (Å²) in [5, 5.41) is 0. The first-order valence-corrected chi connectivity index (χ1v) is 7.72. The Kier molecular flexibility index (Phi) is 9.30. The summed E-state index contributed by atoms with van der Waals surface area (Å²) in [6.07, 6.45) is 3.99. The van der Waals surface area contributed by atoms with Crippen LogP contribution in [0.2, 0.25) is 0 Å². The Morgan fingerprint density at radius 1 is 1.32 bits per heavy atom. The molecule has 0 rings (SSSR count). The van der Waals surface area contributed by atoms with Gasteiger partial charge in [-0.2, -0.15) is 11.8 Å². The van der Waals surface area contributed by atoms with E-state index in [2.05, 4.69) is 0 Å². The number of carbonyl (C=O) groups is 3. The fourth-order valence-electron chi connectivity index (χ4n) is 1.69. The highest BCUT2D eigenvalue weighted by Gasteiger charge is 2.19. The van der Waals surface area contributed by atoms with Crippen LogP contribution in [-0.4, -0.2) is 66.1 Å². The van der Waals surface area contributed by atoms with E-state index < -0.39 is 0 Å². The Morgan fingerprint density at radius 3 is 2.37 bits per heavy atom. The van der Waals surface area contributed by atoms with Gasteiger partial charge in [0.1, 0.15) is 5.78 Å². The van der Waals surface area contributed by atoms with Gasteiger partial charge in [-0.25, -0.2) is 0 Å². The van der Waals surface area contributed by atoms with E-state index in [9.17, 15) is 14.4 Å². The van der Waals surface area contributed by atoms with Crippen molar-refractivity contribution >= 4 is 29.9 Å². The number of ketones is 1. The number of carbonyl (C=O) groups excluding carboxylic acids is 3. The van der Waals surface area contributed by atoms with Crippen LogP contribution in [0.1, 0.15) is 26.7 Å². The van der Waals surface area contributed by atoms with Crippen LogP contribution >= 0.6 is 11.8 Å². The average Bonchev–Trinajstić information content (AvgIpc) is 2.36. The highest BCUT2D eigenvalue weighted by atomic mass is 32.2. The zero-order chi connectivity index (χ0) is 14.8. The lowest BCUT2D eigenvalue weighted by Crippen LogP contribution is -2.44. The molecule has 0 bridgehead atoms. The summed E-state index contributed by atoms with van der Waals surface area (Å²) in [4.78, 5) is 36.7. The Balaban J connectivity index is 4.57. The lowest BCUT2D eigenvalue weighted by Gasteiger charge is -2.30. The van der Waals surface area contributed by atoms with Crippen LogP contribution in [0.25, 0.3) is 0 Å². The summed E-state index contributed by atoms with van der Waals surface area (Å²) in [6, 6.07) is 0.000748. The largest absolute Gasteiger partial charge is 0.344 e. The van der Waals surface area contributed by atoms with Crippen molar-refractivity contribution in [1.29, 1.82) is 0 Å².